The highest BCUT2D eigenvalue weighted by molar-refractivity contribution is 5.98. The van der Waals surface area contributed by atoms with Gasteiger partial charge in [0.15, 0.2) is 11.5 Å². The number of hydrogen-bond donors (Lipinski definition) is 5. The second-order valence-corrected chi connectivity index (χ2v) is 10.2. The quantitative estimate of drug-likeness (QED) is 0.173. The van der Waals surface area contributed by atoms with Gasteiger partial charge in [-0.2, -0.15) is 13.2 Å². The fraction of sp³-hybridized carbons (Fsp3) is 0.300. The van der Waals surface area contributed by atoms with Gasteiger partial charge in [-0.1, -0.05) is 18.2 Å². The van der Waals surface area contributed by atoms with E-state index < -0.39 is 29.6 Å². The molecule has 5 rings (SSSR count). The molecule has 1 amide bonds. The Morgan fingerprint density at radius 3 is 2.62 bits per heavy atom. The number of benzene rings is 2. The second-order valence-electron chi connectivity index (χ2n) is 10.2. The first-order valence-corrected chi connectivity index (χ1v) is 13.4. The topological polar surface area (TPSA) is 147 Å². The molecule has 1 saturated carbocycles. The molecule has 1 aliphatic carbocycles. The van der Waals surface area contributed by atoms with Crippen LogP contribution in [-0.2, 0) is 12.7 Å². The van der Waals surface area contributed by atoms with Crippen LogP contribution in [0.25, 0.3) is 22.4 Å². The number of alkyl halides is 3. The van der Waals surface area contributed by atoms with Gasteiger partial charge in [-0.15, -0.1) is 6.58 Å². The largest absolute Gasteiger partial charge is 0.506 e. The number of rotatable bonds is 8. The Morgan fingerprint density at radius 2 is 1.90 bits per heavy atom. The number of nitrogens with one attached hydrogen (secondary N) is 2. The molecule has 0 unspecified atom stereocenters. The maximum Gasteiger partial charge on any atom is 0.433 e. The average Bonchev–Trinajstić information content (AvgIpc) is 3.42. The number of aliphatic hydroxyl groups excluding tert-OH is 1. The van der Waals surface area contributed by atoms with Crippen molar-refractivity contribution in [3.8, 4) is 17.2 Å². The Hall–Kier alpha value is -4.42. The summed E-state index contributed by atoms with van der Waals surface area (Å²) in [5.41, 5.74) is 6.51. The first-order chi connectivity index (χ1) is 20.0. The number of hydrogen-bond acceptors (Lipinski definition) is 8. The maximum atomic E-state index is 13.3. The number of carbonyl (C=O) groups excluding carboxylic acids is 1. The monoisotopic (exact) mass is 581 g/mol. The third-order valence-electron chi connectivity index (χ3n) is 7.23. The standard InChI is InChI=1S/C30H30F3N5O4/c1-2-22(34)27-26(28(41)35-15-16-4-3-5-18(14-16)36-17-6-8-19(39)9-7-17)38-29(42-27)21-10-12-23(40)25-20(21)11-13-24(37-25)30(31,32)33/h2-5,10-14,17,19,22,36,39-40H,1,6-9,15,34H2,(H,35,41)/t17?,19?,22-/m0/s1. The number of nitrogens with two attached hydrogens (primary N) is 1. The van der Waals surface area contributed by atoms with Crippen molar-refractivity contribution in [2.24, 2.45) is 5.73 Å². The number of pyridine rings is 1. The van der Waals surface area contributed by atoms with Crippen molar-refractivity contribution in [3.63, 3.8) is 0 Å². The van der Waals surface area contributed by atoms with Crippen molar-refractivity contribution in [2.75, 3.05) is 5.32 Å². The van der Waals surface area contributed by atoms with E-state index in [1.54, 1.807) is 0 Å². The van der Waals surface area contributed by atoms with Gasteiger partial charge >= 0.3 is 6.18 Å². The zero-order valence-corrected chi connectivity index (χ0v) is 22.5. The zero-order valence-electron chi connectivity index (χ0n) is 22.5. The number of halogens is 3. The summed E-state index contributed by atoms with van der Waals surface area (Å²) in [5.74, 6) is -1.08. The number of aliphatic hydroxyl groups is 1. The lowest BCUT2D eigenvalue weighted by Gasteiger charge is -2.27. The molecule has 0 saturated heterocycles. The fourth-order valence-corrected chi connectivity index (χ4v) is 4.98. The van der Waals surface area contributed by atoms with Gasteiger partial charge in [-0.3, -0.25) is 4.79 Å². The van der Waals surface area contributed by atoms with Crippen LogP contribution in [0.1, 0.15) is 59.2 Å². The Balaban J connectivity index is 1.38. The number of nitrogens with zero attached hydrogens (tertiary/aromatic N) is 2. The van der Waals surface area contributed by atoms with Gasteiger partial charge in [0.2, 0.25) is 5.89 Å². The predicted molar refractivity (Wildman–Crippen MR) is 151 cm³/mol. The molecule has 6 N–H and O–H groups in total. The predicted octanol–water partition coefficient (Wildman–Crippen LogP) is 5.45. The Morgan fingerprint density at radius 1 is 1.14 bits per heavy atom. The highest BCUT2D eigenvalue weighted by atomic mass is 19.4. The number of amides is 1. The maximum absolute atomic E-state index is 13.3. The number of aromatic nitrogens is 2. The van der Waals surface area contributed by atoms with E-state index in [0.29, 0.717) is 0 Å². The Labute approximate surface area is 239 Å². The van der Waals surface area contributed by atoms with Crippen LogP contribution in [0.3, 0.4) is 0 Å². The first-order valence-electron chi connectivity index (χ1n) is 13.4. The van der Waals surface area contributed by atoms with Crippen molar-refractivity contribution in [2.45, 2.75) is 56.6 Å². The minimum Gasteiger partial charge on any atom is -0.506 e. The summed E-state index contributed by atoms with van der Waals surface area (Å²) in [6, 6.07) is 11.5. The van der Waals surface area contributed by atoms with Crippen LogP contribution >= 0.6 is 0 Å². The van der Waals surface area contributed by atoms with E-state index in [1.807, 2.05) is 24.3 Å². The number of carbonyl (C=O) groups is 1. The van der Waals surface area contributed by atoms with E-state index in [4.69, 9.17) is 10.2 Å². The van der Waals surface area contributed by atoms with Crippen molar-refractivity contribution >= 4 is 22.5 Å². The molecule has 0 bridgehead atoms. The normalized spacial score (nSPS) is 18.0. The van der Waals surface area contributed by atoms with Crippen molar-refractivity contribution in [3.05, 3.63) is 83.9 Å². The van der Waals surface area contributed by atoms with Crippen LogP contribution in [0, 0.1) is 0 Å². The average molecular weight is 582 g/mol. The van der Waals surface area contributed by atoms with E-state index in [-0.39, 0.29) is 52.5 Å². The Bertz CT molecular complexity index is 1610. The molecule has 1 fully saturated rings. The molecule has 4 aromatic rings. The molecule has 0 spiro atoms. The number of phenolic OH excluding ortho intramolecular Hbond substituents is 1. The van der Waals surface area contributed by atoms with Gasteiger partial charge in [0.25, 0.3) is 5.91 Å². The third kappa shape index (κ3) is 6.24. The molecule has 12 heteroatoms. The molecule has 220 valence electrons. The summed E-state index contributed by atoms with van der Waals surface area (Å²) in [4.78, 5) is 21.2. The molecular formula is C30H30F3N5O4. The fourth-order valence-electron chi connectivity index (χ4n) is 4.98. The van der Waals surface area contributed by atoms with Gasteiger partial charge in [-0.05, 0) is 67.6 Å². The molecular weight excluding hydrogens is 551 g/mol. The molecule has 2 heterocycles. The van der Waals surface area contributed by atoms with Crippen LogP contribution in [0.2, 0.25) is 0 Å². The molecule has 9 nitrogen and oxygen atoms in total. The van der Waals surface area contributed by atoms with Gasteiger partial charge in [0.05, 0.1) is 12.1 Å². The number of phenols is 1. The summed E-state index contributed by atoms with van der Waals surface area (Å²) < 4.78 is 45.5. The van der Waals surface area contributed by atoms with Crippen LogP contribution in [0.15, 0.2) is 65.6 Å². The van der Waals surface area contributed by atoms with Crippen LogP contribution in [0.4, 0.5) is 18.9 Å². The van der Waals surface area contributed by atoms with Crippen LogP contribution in [0.5, 0.6) is 5.75 Å². The molecule has 2 aromatic carbocycles. The summed E-state index contributed by atoms with van der Waals surface area (Å²) in [7, 11) is 0. The smallest absolute Gasteiger partial charge is 0.433 e. The van der Waals surface area contributed by atoms with Gasteiger partial charge in [-0.25, -0.2) is 9.97 Å². The minimum absolute atomic E-state index is 0.0218. The molecule has 0 radical (unpaired) electrons. The van der Waals surface area contributed by atoms with Crippen molar-refractivity contribution in [1.29, 1.82) is 0 Å². The lowest BCUT2D eigenvalue weighted by molar-refractivity contribution is -0.140. The number of oxazole rings is 1. The van der Waals surface area contributed by atoms with Crippen molar-refractivity contribution < 1.29 is 32.6 Å². The SMILES string of the molecule is C=C[C@H](N)c1oc(-c2ccc(O)c3nc(C(F)(F)F)ccc23)nc1C(=O)NCc1cccc(NC2CCC(O)CC2)c1. The molecule has 42 heavy (non-hydrogen) atoms. The van der Waals surface area contributed by atoms with Crippen molar-refractivity contribution in [1.82, 2.24) is 15.3 Å². The lowest BCUT2D eigenvalue weighted by atomic mass is 9.93. The molecule has 1 atom stereocenters. The number of fused-ring (bicyclic) bond motifs is 1. The summed E-state index contributed by atoms with van der Waals surface area (Å²) in [5, 5.41) is 26.4. The highest BCUT2D eigenvalue weighted by Gasteiger charge is 2.33. The van der Waals surface area contributed by atoms with Gasteiger partial charge < -0.3 is 31.0 Å². The van der Waals surface area contributed by atoms with E-state index in [2.05, 4.69) is 27.2 Å². The summed E-state index contributed by atoms with van der Waals surface area (Å²) in [6.07, 6.45) is -0.318. The Kier molecular flexibility index (Phi) is 8.19. The lowest BCUT2D eigenvalue weighted by Crippen LogP contribution is -2.28. The van der Waals surface area contributed by atoms with Crippen LogP contribution in [-0.4, -0.2) is 38.2 Å². The molecule has 1 aliphatic rings. The zero-order chi connectivity index (χ0) is 30.0. The summed E-state index contributed by atoms with van der Waals surface area (Å²) >= 11 is 0. The summed E-state index contributed by atoms with van der Waals surface area (Å²) in [6.45, 7) is 3.83. The third-order valence-corrected chi connectivity index (χ3v) is 7.23. The highest BCUT2D eigenvalue weighted by Crippen LogP contribution is 2.37. The van der Waals surface area contributed by atoms with Crippen LogP contribution < -0.4 is 16.4 Å². The van der Waals surface area contributed by atoms with E-state index in [1.165, 1.54) is 18.2 Å². The van der Waals surface area contributed by atoms with Gasteiger partial charge in [0, 0.05) is 29.2 Å². The minimum atomic E-state index is -4.70. The molecule has 0 aliphatic heterocycles. The first kappa shape index (κ1) is 29.1. The second kappa shape index (κ2) is 11.8. The van der Waals surface area contributed by atoms with E-state index in [0.717, 1.165) is 49.1 Å². The number of aromatic hydroxyl groups is 1. The van der Waals surface area contributed by atoms with E-state index >= 15 is 0 Å². The molecule has 2 aromatic heterocycles. The van der Waals surface area contributed by atoms with E-state index in [9.17, 15) is 28.2 Å². The van der Waals surface area contributed by atoms with Gasteiger partial charge in [0.1, 0.15) is 17.0 Å². The number of anilines is 1.